The summed E-state index contributed by atoms with van der Waals surface area (Å²) in [6.45, 7) is 2.59. The topological polar surface area (TPSA) is 77.2 Å². The molecular weight excluding hydrogens is 234 g/mol. The third-order valence-electron chi connectivity index (χ3n) is 2.54. The highest BCUT2D eigenvalue weighted by Crippen LogP contribution is 2.19. The second-order valence-corrected chi connectivity index (χ2v) is 3.99. The number of benzene rings is 1. The first kappa shape index (κ1) is 12.3. The second-order valence-electron chi connectivity index (χ2n) is 3.99. The van der Waals surface area contributed by atoms with Crippen molar-refractivity contribution in [2.75, 3.05) is 6.61 Å². The summed E-state index contributed by atoms with van der Waals surface area (Å²) >= 11 is 0. The summed E-state index contributed by atoms with van der Waals surface area (Å²) in [5.74, 6) is -0.205. The minimum absolute atomic E-state index is 0.188. The monoisotopic (exact) mass is 249 g/mol. The smallest absolute Gasteiger partial charge is 0.325 e. The Morgan fingerprint density at radius 3 is 3.06 bits per heavy atom. The van der Waals surface area contributed by atoms with Crippen LogP contribution in [0.5, 0.6) is 5.75 Å². The van der Waals surface area contributed by atoms with Crippen molar-refractivity contribution in [1.82, 2.24) is 15.0 Å². The average molecular weight is 249 g/mol. The Kier molecular flexibility index (Phi) is 3.76. The van der Waals surface area contributed by atoms with E-state index in [-0.39, 0.29) is 6.54 Å². The zero-order chi connectivity index (χ0) is 13.0. The predicted molar refractivity (Wildman–Crippen MR) is 65.6 cm³/mol. The van der Waals surface area contributed by atoms with Crippen LogP contribution in [0.4, 0.5) is 0 Å². The van der Waals surface area contributed by atoms with Gasteiger partial charge in [0.25, 0.3) is 0 Å². The number of fused-ring (bicyclic) bond motifs is 1. The molecule has 0 fully saturated rings. The fourth-order valence-corrected chi connectivity index (χ4v) is 1.62. The molecule has 6 nitrogen and oxygen atoms in total. The molecule has 2 aromatic rings. The number of carboxylic acids is 1. The lowest BCUT2D eigenvalue weighted by molar-refractivity contribution is -0.137. The van der Waals surface area contributed by atoms with E-state index in [0.29, 0.717) is 17.6 Å². The molecule has 0 aliphatic heterocycles. The second kappa shape index (κ2) is 5.48. The maximum atomic E-state index is 10.6. The number of ether oxygens (including phenoxy) is 1. The Balaban J connectivity index is 2.17. The molecule has 1 heterocycles. The highest BCUT2D eigenvalue weighted by molar-refractivity contribution is 5.77. The van der Waals surface area contributed by atoms with Gasteiger partial charge in [-0.3, -0.25) is 4.79 Å². The van der Waals surface area contributed by atoms with Gasteiger partial charge in [-0.05, 0) is 18.6 Å². The van der Waals surface area contributed by atoms with Gasteiger partial charge < -0.3 is 9.84 Å². The van der Waals surface area contributed by atoms with E-state index < -0.39 is 5.97 Å². The number of hydrogen-bond donors (Lipinski definition) is 1. The number of rotatable bonds is 6. The standard InChI is InChI=1S/C12H15N3O3/c1-2-3-6-18-9-4-5-11-10(7-9)13-14-15(11)8-12(16)17/h4-5,7H,2-3,6,8H2,1H3,(H,16,17). The Labute approximate surface area is 104 Å². The van der Waals surface area contributed by atoms with Crippen LogP contribution in [0.1, 0.15) is 19.8 Å². The van der Waals surface area contributed by atoms with Gasteiger partial charge in [0.1, 0.15) is 17.8 Å². The Morgan fingerprint density at radius 1 is 1.50 bits per heavy atom. The molecular formula is C12H15N3O3. The fraction of sp³-hybridized carbons (Fsp3) is 0.417. The van der Waals surface area contributed by atoms with Crippen LogP contribution in [-0.4, -0.2) is 32.7 Å². The molecule has 1 N–H and O–H groups in total. The molecule has 0 bridgehead atoms. The van der Waals surface area contributed by atoms with Crippen molar-refractivity contribution in [3.63, 3.8) is 0 Å². The molecule has 1 aromatic carbocycles. The van der Waals surface area contributed by atoms with Crippen molar-refractivity contribution in [3.05, 3.63) is 18.2 Å². The minimum Gasteiger partial charge on any atom is -0.494 e. The molecule has 0 amide bonds. The first-order chi connectivity index (χ1) is 8.70. The van der Waals surface area contributed by atoms with Crippen LogP contribution in [-0.2, 0) is 11.3 Å². The SMILES string of the molecule is CCCCOc1ccc2c(c1)nnn2CC(=O)O. The highest BCUT2D eigenvalue weighted by Gasteiger charge is 2.08. The van der Waals surface area contributed by atoms with Crippen LogP contribution >= 0.6 is 0 Å². The largest absolute Gasteiger partial charge is 0.494 e. The van der Waals surface area contributed by atoms with Crippen molar-refractivity contribution in [1.29, 1.82) is 0 Å². The third-order valence-corrected chi connectivity index (χ3v) is 2.54. The lowest BCUT2D eigenvalue weighted by atomic mass is 10.3. The molecule has 2 rings (SSSR count). The summed E-state index contributed by atoms with van der Waals surface area (Å²) in [6, 6.07) is 5.36. The quantitative estimate of drug-likeness (QED) is 0.788. The Bertz CT molecular complexity index is 550. The van der Waals surface area contributed by atoms with E-state index in [1.54, 1.807) is 18.2 Å². The number of hydrogen-bond acceptors (Lipinski definition) is 4. The first-order valence-corrected chi connectivity index (χ1v) is 5.88. The van der Waals surface area contributed by atoms with E-state index in [4.69, 9.17) is 9.84 Å². The van der Waals surface area contributed by atoms with Crippen molar-refractivity contribution in [2.45, 2.75) is 26.3 Å². The molecule has 18 heavy (non-hydrogen) atoms. The summed E-state index contributed by atoms with van der Waals surface area (Å²) in [5.41, 5.74) is 1.34. The van der Waals surface area contributed by atoms with Crippen LogP contribution in [0.25, 0.3) is 11.0 Å². The summed E-state index contributed by atoms with van der Waals surface area (Å²) in [6.07, 6.45) is 2.08. The summed E-state index contributed by atoms with van der Waals surface area (Å²) < 4.78 is 6.91. The molecule has 1 aromatic heterocycles. The molecule has 0 saturated carbocycles. The van der Waals surface area contributed by atoms with Crippen LogP contribution in [0.3, 0.4) is 0 Å². The van der Waals surface area contributed by atoms with Crippen LogP contribution in [0.2, 0.25) is 0 Å². The first-order valence-electron chi connectivity index (χ1n) is 5.88. The zero-order valence-electron chi connectivity index (χ0n) is 10.2. The third kappa shape index (κ3) is 2.77. The van der Waals surface area contributed by atoms with Crippen LogP contribution < -0.4 is 4.74 Å². The molecule has 0 saturated heterocycles. The molecule has 0 unspecified atom stereocenters. The van der Waals surface area contributed by atoms with Gasteiger partial charge in [0.05, 0.1) is 12.1 Å². The lowest BCUT2D eigenvalue weighted by Crippen LogP contribution is -2.09. The maximum absolute atomic E-state index is 10.6. The number of carbonyl (C=O) groups is 1. The zero-order valence-corrected chi connectivity index (χ0v) is 10.2. The molecule has 6 heteroatoms. The van der Waals surface area contributed by atoms with Gasteiger partial charge in [-0.1, -0.05) is 18.6 Å². The molecule has 0 aliphatic rings. The van der Waals surface area contributed by atoms with Crippen LogP contribution in [0, 0.1) is 0 Å². The van der Waals surface area contributed by atoms with E-state index in [1.165, 1.54) is 4.68 Å². The van der Waals surface area contributed by atoms with Gasteiger partial charge in [-0.15, -0.1) is 5.10 Å². The maximum Gasteiger partial charge on any atom is 0.325 e. The van der Waals surface area contributed by atoms with Gasteiger partial charge in [-0.25, -0.2) is 4.68 Å². The average Bonchev–Trinajstić information content (AvgIpc) is 2.72. The van der Waals surface area contributed by atoms with Gasteiger partial charge in [0.2, 0.25) is 0 Å². The summed E-state index contributed by atoms with van der Waals surface area (Å²) in [5, 5.41) is 16.5. The van der Waals surface area contributed by atoms with E-state index >= 15 is 0 Å². The van der Waals surface area contributed by atoms with E-state index in [0.717, 1.165) is 18.6 Å². The number of aromatic nitrogens is 3. The van der Waals surface area contributed by atoms with Gasteiger partial charge in [0, 0.05) is 6.07 Å². The molecule has 0 radical (unpaired) electrons. The van der Waals surface area contributed by atoms with Crippen molar-refractivity contribution in [2.24, 2.45) is 0 Å². The van der Waals surface area contributed by atoms with Gasteiger partial charge in [-0.2, -0.15) is 0 Å². The van der Waals surface area contributed by atoms with E-state index in [1.807, 2.05) is 0 Å². The molecule has 0 spiro atoms. The van der Waals surface area contributed by atoms with E-state index in [2.05, 4.69) is 17.2 Å². The Hall–Kier alpha value is -2.11. The minimum atomic E-state index is -0.940. The van der Waals surface area contributed by atoms with Gasteiger partial charge >= 0.3 is 5.97 Å². The van der Waals surface area contributed by atoms with Crippen LogP contribution in [0.15, 0.2) is 18.2 Å². The normalized spacial score (nSPS) is 10.7. The Morgan fingerprint density at radius 2 is 2.33 bits per heavy atom. The number of carboxylic acid groups (broad SMARTS) is 1. The summed E-state index contributed by atoms with van der Waals surface area (Å²) in [4.78, 5) is 10.6. The van der Waals surface area contributed by atoms with Crippen molar-refractivity contribution in [3.8, 4) is 5.75 Å². The fourth-order valence-electron chi connectivity index (χ4n) is 1.62. The predicted octanol–water partition coefficient (Wildman–Crippen LogP) is 1.69. The van der Waals surface area contributed by atoms with E-state index in [9.17, 15) is 4.79 Å². The van der Waals surface area contributed by atoms with Crippen molar-refractivity contribution >= 4 is 17.0 Å². The number of nitrogens with zero attached hydrogens (tertiary/aromatic N) is 3. The number of unbranched alkanes of at least 4 members (excludes halogenated alkanes) is 1. The highest BCUT2D eigenvalue weighted by atomic mass is 16.5. The summed E-state index contributed by atoms with van der Waals surface area (Å²) in [7, 11) is 0. The molecule has 96 valence electrons. The lowest BCUT2D eigenvalue weighted by Gasteiger charge is -2.04. The number of aliphatic carboxylic acids is 1. The van der Waals surface area contributed by atoms with Crippen molar-refractivity contribution < 1.29 is 14.6 Å². The van der Waals surface area contributed by atoms with Gasteiger partial charge in [0.15, 0.2) is 0 Å². The molecule has 0 atom stereocenters. The molecule has 0 aliphatic carbocycles.